The van der Waals surface area contributed by atoms with Crippen LogP contribution in [0.15, 0.2) is 48.5 Å². The minimum absolute atomic E-state index is 0.118. The lowest BCUT2D eigenvalue weighted by Gasteiger charge is -2.37. The van der Waals surface area contributed by atoms with E-state index in [0.29, 0.717) is 18.5 Å². The van der Waals surface area contributed by atoms with E-state index in [0.717, 1.165) is 68.1 Å². The van der Waals surface area contributed by atoms with E-state index in [2.05, 4.69) is 27.8 Å². The predicted octanol–water partition coefficient (Wildman–Crippen LogP) is 3.20. The second-order valence-corrected chi connectivity index (χ2v) is 9.02. The molecule has 1 N–H and O–H groups in total. The molecule has 3 heterocycles. The molecule has 1 atom stereocenters. The number of piperazine rings is 1. The number of benzene rings is 2. The molecule has 0 aliphatic carbocycles. The number of hydrogen-bond acceptors (Lipinski definition) is 4. The molecular formula is C25H30FN5O. The molecule has 3 aromatic rings. The van der Waals surface area contributed by atoms with Gasteiger partial charge in [-0.05, 0) is 69.3 Å². The average molecular weight is 436 g/mol. The summed E-state index contributed by atoms with van der Waals surface area (Å²) in [7, 11) is 0. The van der Waals surface area contributed by atoms with Crippen molar-refractivity contribution < 1.29 is 9.18 Å². The molecule has 5 rings (SSSR count). The Morgan fingerprint density at radius 2 is 1.84 bits per heavy atom. The van der Waals surface area contributed by atoms with Crippen LogP contribution in [0.1, 0.15) is 25.6 Å². The van der Waals surface area contributed by atoms with Crippen LogP contribution in [0.4, 0.5) is 4.39 Å². The standard InChI is InChI=1S/C25H30FN5O/c1-18-16-30(15-12-27-18)25(32)19-10-13-29(14-11-19)17-24-28-22-4-2-3-5-23(22)31(24)21-8-6-20(26)7-9-21/h2-9,18-19,27H,10-17H2,1H3/t18-/m1/s1. The van der Waals surface area contributed by atoms with Crippen LogP contribution in [0, 0.1) is 11.7 Å². The molecule has 0 saturated carbocycles. The Balaban J connectivity index is 1.30. The van der Waals surface area contributed by atoms with Gasteiger partial charge in [-0.3, -0.25) is 14.3 Å². The highest BCUT2D eigenvalue weighted by molar-refractivity contribution is 5.79. The number of piperidine rings is 1. The van der Waals surface area contributed by atoms with Gasteiger partial charge in [0.2, 0.25) is 5.91 Å². The second kappa shape index (κ2) is 9.00. The van der Waals surface area contributed by atoms with Gasteiger partial charge >= 0.3 is 0 Å². The van der Waals surface area contributed by atoms with Crippen molar-refractivity contribution in [2.75, 3.05) is 32.7 Å². The third-order valence-electron chi connectivity index (χ3n) is 6.70. The number of para-hydroxylation sites is 2. The Morgan fingerprint density at radius 1 is 1.09 bits per heavy atom. The summed E-state index contributed by atoms with van der Waals surface area (Å²) in [6.45, 7) is 7.10. The lowest BCUT2D eigenvalue weighted by Crippen LogP contribution is -2.53. The smallest absolute Gasteiger partial charge is 0.225 e. The summed E-state index contributed by atoms with van der Waals surface area (Å²) >= 11 is 0. The lowest BCUT2D eigenvalue weighted by molar-refractivity contribution is -0.138. The summed E-state index contributed by atoms with van der Waals surface area (Å²) in [5.41, 5.74) is 2.87. The van der Waals surface area contributed by atoms with Crippen molar-refractivity contribution in [1.29, 1.82) is 0 Å². The summed E-state index contributed by atoms with van der Waals surface area (Å²) in [6, 6.07) is 15.0. The zero-order chi connectivity index (χ0) is 22.1. The number of likely N-dealkylation sites (tertiary alicyclic amines) is 1. The maximum Gasteiger partial charge on any atom is 0.225 e. The first-order chi connectivity index (χ1) is 15.6. The highest BCUT2D eigenvalue weighted by Gasteiger charge is 2.31. The first kappa shape index (κ1) is 21.1. The minimum atomic E-state index is -0.245. The maximum atomic E-state index is 13.5. The molecule has 168 valence electrons. The van der Waals surface area contributed by atoms with Gasteiger partial charge in [0, 0.05) is 37.3 Å². The summed E-state index contributed by atoms with van der Waals surface area (Å²) in [5, 5.41) is 3.40. The Labute approximate surface area is 188 Å². The zero-order valence-electron chi connectivity index (χ0n) is 18.5. The summed E-state index contributed by atoms with van der Waals surface area (Å²) in [5.74, 6) is 1.13. The summed E-state index contributed by atoms with van der Waals surface area (Å²) in [4.78, 5) is 22.3. The van der Waals surface area contributed by atoms with E-state index in [9.17, 15) is 9.18 Å². The number of aromatic nitrogens is 2. The molecule has 2 fully saturated rings. The number of rotatable bonds is 4. The van der Waals surface area contributed by atoms with Crippen LogP contribution in [0.2, 0.25) is 0 Å². The SMILES string of the molecule is C[C@@H]1CN(C(=O)C2CCN(Cc3nc4ccccc4n3-c3ccc(F)cc3)CC2)CCN1. The molecule has 2 saturated heterocycles. The molecule has 6 nitrogen and oxygen atoms in total. The summed E-state index contributed by atoms with van der Waals surface area (Å²) in [6.07, 6.45) is 1.77. The van der Waals surface area contributed by atoms with Crippen LogP contribution >= 0.6 is 0 Å². The van der Waals surface area contributed by atoms with Crippen molar-refractivity contribution in [2.24, 2.45) is 5.92 Å². The lowest BCUT2D eigenvalue weighted by atomic mass is 9.94. The van der Waals surface area contributed by atoms with Crippen LogP contribution < -0.4 is 5.32 Å². The first-order valence-corrected chi connectivity index (χ1v) is 11.6. The molecule has 1 amide bonds. The van der Waals surface area contributed by atoms with Gasteiger partial charge in [0.15, 0.2) is 0 Å². The van der Waals surface area contributed by atoms with Gasteiger partial charge in [-0.2, -0.15) is 0 Å². The highest BCUT2D eigenvalue weighted by Crippen LogP contribution is 2.26. The van der Waals surface area contributed by atoms with Crippen molar-refractivity contribution in [3.8, 4) is 5.69 Å². The van der Waals surface area contributed by atoms with Gasteiger partial charge in [-0.25, -0.2) is 9.37 Å². The molecule has 7 heteroatoms. The zero-order valence-corrected chi connectivity index (χ0v) is 18.5. The van der Waals surface area contributed by atoms with E-state index in [1.54, 1.807) is 12.1 Å². The van der Waals surface area contributed by atoms with Gasteiger partial charge in [-0.15, -0.1) is 0 Å². The fourth-order valence-corrected chi connectivity index (χ4v) is 4.99. The van der Waals surface area contributed by atoms with E-state index in [4.69, 9.17) is 4.98 Å². The maximum absolute atomic E-state index is 13.5. The number of amides is 1. The van der Waals surface area contributed by atoms with Gasteiger partial charge < -0.3 is 10.2 Å². The van der Waals surface area contributed by atoms with Crippen LogP contribution in [-0.4, -0.2) is 64.0 Å². The monoisotopic (exact) mass is 435 g/mol. The van der Waals surface area contributed by atoms with Gasteiger partial charge in [0.1, 0.15) is 11.6 Å². The topological polar surface area (TPSA) is 53.4 Å². The molecule has 2 aliphatic rings. The van der Waals surface area contributed by atoms with E-state index in [1.807, 2.05) is 23.1 Å². The van der Waals surface area contributed by atoms with Crippen molar-refractivity contribution in [3.05, 3.63) is 60.2 Å². The molecule has 2 aliphatic heterocycles. The number of nitrogens with zero attached hydrogens (tertiary/aromatic N) is 4. The van der Waals surface area contributed by atoms with Gasteiger partial charge in [0.05, 0.1) is 17.6 Å². The minimum Gasteiger partial charge on any atom is -0.340 e. The third-order valence-corrected chi connectivity index (χ3v) is 6.70. The van der Waals surface area contributed by atoms with Gasteiger partial charge in [-0.1, -0.05) is 12.1 Å². The Bertz CT molecular complexity index is 1090. The quantitative estimate of drug-likeness (QED) is 0.684. The number of carbonyl (C=O) groups excluding carboxylic acids is 1. The normalized spacial score (nSPS) is 20.7. The van der Waals surface area contributed by atoms with E-state index < -0.39 is 0 Å². The number of imidazole rings is 1. The van der Waals surface area contributed by atoms with Crippen LogP contribution in [-0.2, 0) is 11.3 Å². The van der Waals surface area contributed by atoms with Crippen molar-refractivity contribution in [1.82, 2.24) is 24.7 Å². The molecule has 0 spiro atoms. The van der Waals surface area contributed by atoms with Crippen molar-refractivity contribution in [2.45, 2.75) is 32.4 Å². The highest BCUT2D eigenvalue weighted by atomic mass is 19.1. The second-order valence-electron chi connectivity index (χ2n) is 9.02. The number of carbonyl (C=O) groups is 1. The number of nitrogens with one attached hydrogen (secondary N) is 1. The van der Waals surface area contributed by atoms with Crippen molar-refractivity contribution in [3.63, 3.8) is 0 Å². The number of hydrogen-bond donors (Lipinski definition) is 1. The summed E-state index contributed by atoms with van der Waals surface area (Å²) < 4.78 is 15.6. The van der Waals surface area contributed by atoms with E-state index in [-0.39, 0.29) is 11.7 Å². The molecule has 0 unspecified atom stereocenters. The van der Waals surface area contributed by atoms with Crippen LogP contribution in [0.5, 0.6) is 0 Å². The fraction of sp³-hybridized carbons (Fsp3) is 0.440. The Morgan fingerprint density at radius 3 is 2.59 bits per heavy atom. The number of fused-ring (bicyclic) bond motifs is 1. The largest absolute Gasteiger partial charge is 0.340 e. The van der Waals surface area contributed by atoms with Crippen LogP contribution in [0.3, 0.4) is 0 Å². The fourth-order valence-electron chi connectivity index (χ4n) is 4.99. The Hall–Kier alpha value is -2.77. The molecular weight excluding hydrogens is 405 g/mol. The Kier molecular flexibility index (Phi) is 5.93. The van der Waals surface area contributed by atoms with Gasteiger partial charge in [0.25, 0.3) is 0 Å². The third kappa shape index (κ3) is 4.27. The molecule has 0 bridgehead atoms. The molecule has 32 heavy (non-hydrogen) atoms. The van der Waals surface area contributed by atoms with Crippen LogP contribution in [0.25, 0.3) is 16.7 Å². The first-order valence-electron chi connectivity index (χ1n) is 11.6. The molecule has 0 radical (unpaired) electrons. The number of halogens is 1. The van der Waals surface area contributed by atoms with Crippen molar-refractivity contribution >= 4 is 16.9 Å². The van der Waals surface area contributed by atoms with E-state index >= 15 is 0 Å². The van der Waals surface area contributed by atoms with E-state index in [1.165, 1.54) is 12.1 Å². The molecule has 1 aromatic heterocycles. The predicted molar refractivity (Wildman–Crippen MR) is 123 cm³/mol. The molecule has 2 aromatic carbocycles. The average Bonchev–Trinajstić information content (AvgIpc) is 3.17.